The molecule has 1 amide bonds. The molecule has 5 heteroatoms. The molecule has 1 aliphatic rings. The molecule has 3 rings (SSSR count). The van der Waals surface area contributed by atoms with Crippen molar-refractivity contribution in [1.29, 1.82) is 0 Å². The van der Waals surface area contributed by atoms with Gasteiger partial charge in [0.1, 0.15) is 17.6 Å². The van der Waals surface area contributed by atoms with Crippen LogP contribution in [0.25, 0.3) is 0 Å². The van der Waals surface area contributed by atoms with Gasteiger partial charge < -0.3 is 14.5 Å². The van der Waals surface area contributed by atoms with Crippen LogP contribution in [-0.4, -0.2) is 17.0 Å². The average molecular weight is 258 g/mol. The zero-order valence-corrected chi connectivity index (χ0v) is 10.8. The van der Waals surface area contributed by atoms with Gasteiger partial charge in [-0.25, -0.2) is 4.98 Å². The van der Waals surface area contributed by atoms with Gasteiger partial charge in [0.2, 0.25) is 0 Å². The van der Waals surface area contributed by atoms with Gasteiger partial charge in [-0.05, 0) is 37.6 Å². The number of nitrogens with one attached hydrogen (secondary N) is 1. The number of anilines is 1. The van der Waals surface area contributed by atoms with Crippen molar-refractivity contribution in [3.8, 4) is 5.75 Å². The number of carbonyl (C=O) groups is 1. The minimum atomic E-state index is -0.347. The molecule has 19 heavy (non-hydrogen) atoms. The molecule has 1 N–H and O–H groups in total. The van der Waals surface area contributed by atoms with Crippen LogP contribution in [0.4, 0.5) is 5.69 Å². The lowest BCUT2D eigenvalue weighted by Gasteiger charge is -2.05. The van der Waals surface area contributed by atoms with Gasteiger partial charge in [0.15, 0.2) is 0 Å². The van der Waals surface area contributed by atoms with Crippen LogP contribution in [0.1, 0.15) is 28.9 Å². The molecule has 0 saturated carbocycles. The number of oxazole rings is 1. The van der Waals surface area contributed by atoms with Crippen molar-refractivity contribution in [3.63, 3.8) is 0 Å². The second-order valence-electron chi connectivity index (χ2n) is 4.69. The van der Waals surface area contributed by atoms with E-state index in [0.717, 1.165) is 23.4 Å². The molecule has 1 aromatic carbocycles. The third-order valence-corrected chi connectivity index (χ3v) is 2.97. The van der Waals surface area contributed by atoms with Gasteiger partial charge in [-0.1, -0.05) is 0 Å². The highest BCUT2D eigenvalue weighted by Crippen LogP contribution is 2.31. The largest absolute Gasteiger partial charge is 0.490 e. The first-order chi connectivity index (χ1) is 9.11. The molecule has 0 radical (unpaired) electrons. The van der Waals surface area contributed by atoms with Crippen molar-refractivity contribution in [3.05, 3.63) is 41.6 Å². The maximum absolute atomic E-state index is 11.9. The molecule has 5 nitrogen and oxygen atoms in total. The SMILES string of the molecule is Cc1cnc(C(=O)Nc2ccc3c(c2)CC(C)O3)o1. The van der Waals surface area contributed by atoms with Crippen LogP contribution in [0.5, 0.6) is 5.75 Å². The van der Waals surface area contributed by atoms with E-state index in [4.69, 9.17) is 9.15 Å². The molecule has 0 bridgehead atoms. The third kappa shape index (κ3) is 2.31. The number of aromatic nitrogens is 1. The standard InChI is InChI=1S/C14H14N2O3/c1-8-5-10-6-11(3-4-12(10)18-8)16-13(17)14-15-7-9(2)19-14/h3-4,6-8H,5H2,1-2H3,(H,16,17). The summed E-state index contributed by atoms with van der Waals surface area (Å²) in [5.74, 6) is 1.22. The van der Waals surface area contributed by atoms with Crippen LogP contribution in [0.15, 0.2) is 28.8 Å². The zero-order valence-electron chi connectivity index (χ0n) is 10.8. The van der Waals surface area contributed by atoms with Crippen LogP contribution < -0.4 is 10.1 Å². The Kier molecular flexibility index (Phi) is 2.74. The maximum Gasteiger partial charge on any atom is 0.311 e. The molecular formula is C14H14N2O3. The Morgan fingerprint density at radius 2 is 2.32 bits per heavy atom. The van der Waals surface area contributed by atoms with Crippen LogP contribution in [0.2, 0.25) is 0 Å². The Labute approximate surface area is 110 Å². The number of hydrogen-bond acceptors (Lipinski definition) is 4. The Morgan fingerprint density at radius 1 is 1.47 bits per heavy atom. The van der Waals surface area contributed by atoms with Gasteiger partial charge in [0, 0.05) is 12.1 Å². The summed E-state index contributed by atoms with van der Waals surface area (Å²) >= 11 is 0. The highest BCUT2D eigenvalue weighted by Gasteiger charge is 2.20. The van der Waals surface area contributed by atoms with E-state index in [0.29, 0.717) is 5.76 Å². The zero-order chi connectivity index (χ0) is 13.4. The minimum absolute atomic E-state index is 0.0719. The fourth-order valence-electron chi connectivity index (χ4n) is 2.14. The molecule has 1 aromatic heterocycles. The molecular weight excluding hydrogens is 244 g/mol. The lowest BCUT2D eigenvalue weighted by atomic mass is 10.1. The Balaban J connectivity index is 1.77. The molecule has 1 unspecified atom stereocenters. The van der Waals surface area contributed by atoms with E-state index < -0.39 is 0 Å². The minimum Gasteiger partial charge on any atom is -0.490 e. The van der Waals surface area contributed by atoms with E-state index in [1.807, 2.05) is 25.1 Å². The van der Waals surface area contributed by atoms with Gasteiger partial charge >= 0.3 is 5.91 Å². The van der Waals surface area contributed by atoms with Crippen molar-refractivity contribution in [2.24, 2.45) is 0 Å². The Bertz CT molecular complexity index is 633. The first-order valence-corrected chi connectivity index (χ1v) is 6.15. The summed E-state index contributed by atoms with van der Waals surface area (Å²) in [5, 5.41) is 2.77. The fraction of sp³-hybridized carbons (Fsp3) is 0.286. The van der Waals surface area contributed by atoms with Crippen LogP contribution in [-0.2, 0) is 6.42 Å². The summed E-state index contributed by atoms with van der Waals surface area (Å²) in [6.45, 7) is 3.77. The normalized spacial score (nSPS) is 16.8. The maximum atomic E-state index is 11.9. The quantitative estimate of drug-likeness (QED) is 0.899. The highest BCUT2D eigenvalue weighted by molar-refractivity contribution is 6.01. The van der Waals surface area contributed by atoms with Crippen molar-refractivity contribution >= 4 is 11.6 Å². The fourth-order valence-corrected chi connectivity index (χ4v) is 2.14. The van der Waals surface area contributed by atoms with Gasteiger partial charge in [0.25, 0.3) is 5.89 Å². The molecule has 2 heterocycles. The molecule has 1 aliphatic heterocycles. The Morgan fingerprint density at radius 3 is 3.05 bits per heavy atom. The number of carbonyl (C=O) groups excluding carboxylic acids is 1. The average Bonchev–Trinajstić information content (AvgIpc) is 2.93. The van der Waals surface area contributed by atoms with Crippen molar-refractivity contribution in [1.82, 2.24) is 4.98 Å². The number of nitrogens with zero attached hydrogens (tertiary/aromatic N) is 1. The number of fused-ring (bicyclic) bond motifs is 1. The molecule has 1 atom stereocenters. The van der Waals surface area contributed by atoms with Crippen molar-refractivity contribution in [2.75, 3.05) is 5.32 Å². The summed E-state index contributed by atoms with van der Waals surface area (Å²) in [4.78, 5) is 15.8. The van der Waals surface area contributed by atoms with Gasteiger partial charge in [-0.15, -0.1) is 0 Å². The number of benzene rings is 1. The summed E-state index contributed by atoms with van der Waals surface area (Å²) < 4.78 is 10.8. The summed E-state index contributed by atoms with van der Waals surface area (Å²) in [7, 11) is 0. The van der Waals surface area contributed by atoms with Crippen molar-refractivity contribution < 1.29 is 13.9 Å². The number of amides is 1. The van der Waals surface area contributed by atoms with Gasteiger partial charge in [0.05, 0.1) is 6.20 Å². The summed E-state index contributed by atoms with van der Waals surface area (Å²) in [5.41, 5.74) is 1.83. The molecule has 0 aliphatic carbocycles. The third-order valence-electron chi connectivity index (χ3n) is 2.97. The van der Waals surface area contributed by atoms with Gasteiger partial charge in [-0.2, -0.15) is 0 Å². The second-order valence-corrected chi connectivity index (χ2v) is 4.69. The van der Waals surface area contributed by atoms with Gasteiger partial charge in [-0.3, -0.25) is 4.79 Å². The number of hydrogen-bond donors (Lipinski definition) is 1. The van der Waals surface area contributed by atoms with E-state index in [1.165, 1.54) is 6.20 Å². The Hall–Kier alpha value is -2.30. The topological polar surface area (TPSA) is 64.4 Å². The van der Waals surface area contributed by atoms with E-state index in [2.05, 4.69) is 10.3 Å². The van der Waals surface area contributed by atoms with Crippen molar-refractivity contribution in [2.45, 2.75) is 26.4 Å². The van der Waals surface area contributed by atoms with Crippen LogP contribution in [0.3, 0.4) is 0 Å². The molecule has 2 aromatic rings. The first-order valence-electron chi connectivity index (χ1n) is 6.15. The van der Waals surface area contributed by atoms with E-state index in [-0.39, 0.29) is 17.9 Å². The van der Waals surface area contributed by atoms with E-state index in [1.54, 1.807) is 6.92 Å². The lowest BCUT2D eigenvalue weighted by Crippen LogP contribution is -2.12. The predicted octanol–water partition coefficient (Wildman–Crippen LogP) is 2.56. The van der Waals surface area contributed by atoms with Crippen LogP contribution >= 0.6 is 0 Å². The smallest absolute Gasteiger partial charge is 0.311 e. The molecule has 98 valence electrons. The number of ether oxygens (including phenoxy) is 1. The highest BCUT2D eigenvalue weighted by atomic mass is 16.5. The molecule has 0 fully saturated rings. The molecule has 0 saturated heterocycles. The second kappa shape index (κ2) is 4.42. The predicted molar refractivity (Wildman–Crippen MR) is 69.4 cm³/mol. The molecule has 0 spiro atoms. The summed E-state index contributed by atoms with van der Waals surface area (Å²) in [6.07, 6.45) is 2.57. The van der Waals surface area contributed by atoms with E-state index in [9.17, 15) is 4.79 Å². The van der Waals surface area contributed by atoms with Crippen LogP contribution in [0, 0.1) is 6.92 Å². The monoisotopic (exact) mass is 258 g/mol. The number of rotatable bonds is 2. The lowest BCUT2D eigenvalue weighted by molar-refractivity contribution is 0.0989. The number of aryl methyl sites for hydroxylation is 1. The first kappa shape index (κ1) is 11.8. The summed E-state index contributed by atoms with van der Waals surface area (Å²) in [6, 6.07) is 5.60. The van der Waals surface area contributed by atoms with E-state index >= 15 is 0 Å².